The fourth-order valence-corrected chi connectivity index (χ4v) is 4.42. The van der Waals surface area contributed by atoms with Crippen LogP contribution in [0.3, 0.4) is 0 Å². The van der Waals surface area contributed by atoms with Crippen LogP contribution < -0.4 is 10.3 Å². The van der Waals surface area contributed by atoms with Crippen molar-refractivity contribution < 1.29 is 4.74 Å². The lowest BCUT2D eigenvalue weighted by Gasteiger charge is -2.09. The van der Waals surface area contributed by atoms with Gasteiger partial charge in [-0.1, -0.05) is 18.2 Å². The summed E-state index contributed by atoms with van der Waals surface area (Å²) in [6.45, 7) is 0. The molecule has 0 fully saturated rings. The molecule has 0 atom stereocenters. The standard InChI is InChI=1S/C19H18N2O2S/c1-23-13-9-6-12(7-10-13)8-11-16-20-18(22)17-14-4-2-3-5-15(14)24-19(17)21-16/h6-11H,2-5H2,1H3,(H,20,21,22). The quantitative estimate of drug-likeness (QED) is 0.784. The molecule has 1 aliphatic carbocycles. The predicted molar refractivity (Wildman–Crippen MR) is 98.8 cm³/mol. The van der Waals surface area contributed by atoms with Crippen LogP contribution in [-0.2, 0) is 12.8 Å². The summed E-state index contributed by atoms with van der Waals surface area (Å²) in [5.41, 5.74) is 2.23. The van der Waals surface area contributed by atoms with Crippen LogP contribution in [0.4, 0.5) is 0 Å². The van der Waals surface area contributed by atoms with Gasteiger partial charge in [-0.3, -0.25) is 4.79 Å². The zero-order chi connectivity index (χ0) is 16.5. The molecule has 1 aromatic carbocycles. The maximum absolute atomic E-state index is 12.5. The molecule has 0 aliphatic heterocycles. The number of methoxy groups -OCH3 is 1. The van der Waals surface area contributed by atoms with Crippen molar-refractivity contribution in [3.8, 4) is 5.75 Å². The average Bonchev–Trinajstić information content (AvgIpc) is 2.99. The molecule has 122 valence electrons. The average molecular weight is 338 g/mol. The van der Waals surface area contributed by atoms with E-state index in [1.165, 1.54) is 16.9 Å². The van der Waals surface area contributed by atoms with Crippen LogP contribution in [0.15, 0.2) is 29.1 Å². The summed E-state index contributed by atoms with van der Waals surface area (Å²) in [5, 5.41) is 0.802. The Hall–Kier alpha value is -2.40. The molecule has 0 amide bonds. The lowest BCUT2D eigenvalue weighted by Crippen LogP contribution is -2.11. The molecule has 4 rings (SSSR count). The molecular formula is C19H18N2O2S. The number of H-pyrrole nitrogens is 1. The van der Waals surface area contributed by atoms with E-state index in [9.17, 15) is 4.79 Å². The lowest BCUT2D eigenvalue weighted by atomic mass is 9.97. The van der Waals surface area contributed by atoms with Gasteiger partial charge in [0, 0.05) is 4.88 Å². The van der Waals surface area contributed by atoms with E-state index in [4.69, 9.17) is 4.74 Å². The van der Waals surface area contributed by atoms with Gasteiger partial charge in [0.25, 0.3) is 5.56 Å². The SMILES string of the molecule is COc1ccc(C=Cc2nc3sc4c(c3c(=O)[nH]2)CCCC4)cc1. The zero-order valence-corrected chi connectivity index (χ0v) is 14.3. The van der Waals surface area contributed by atoms with Gasteiger partial charge in [-0.15, -0.1) is 11.3 Å². The fraction of sp³-hybridized carbons (Fsp3) is 0.263. The summed E-state index contributed by atoms with van der Waals surface area (Å²) in [7, 11) is 1.65. The first-order chi connectivity index (χ1) is 11.7. The molecule has 4 nitrogen and oxygen atoms in total. The van der Waals surface area contributed by atoms with E-state index in [1.54, 1.807) is 18.4 Å². The van der Waals surface area contributed by atoms with E-state index in [0.717, 1.165) is 40.8 Å². The molecular weight excluding hydrogens is 320 g/mol. The summed E-state index contributed by atoms with van der Waals surface area (Å²) in [6, 6.07) is 7.75. The van der Waals surface area contributed by atoms with Crippen molar-refractivity contribution in [3.63, 3.8) is 0 Å². The highest BCUT2D eigenvalue weighted by atomic mass is 32.1. The van der Waals surface area contributed by atoms with E-state index in [2.05, 4.69) is 9.97 Å². The molecule has 5 heteroatoms. The highest BCUT2D eigenvalue weighted by molar-refractivity contribution is 7.18. The number of benzene rings is 1. The van der Waals surface area contributed by atoms with Crippen molar-refractivity contribution in [2.24, 2.45) is 0 Å². The van der Waals surface area contributed by atoms with Gasteiger partial charge in [0.15, 0.2) is 0 Å². The minimum absolute atomic E-state index is 0.0196. The minimum Gasteiger partial charge on any atom is -0.497 e. The third kappa shape index (κ3) is 2.76. The normalized spacial score (nSPS) is 14.2. The van der Waals surface area contributed by atoms with Crippen LogP contribution in [0.2, 0.25) is 0 Å². The number of rotatable bonds is 3. The molecule has 1 aliphatic rings. The zero-order valence-electron chi connectivity index (χ0n) is 13.5. The van der Waals surface area contributed by atoms with Gasteiger partial charge in [-0.2, -0.15) is 0 Å². The molecule has 1 N–H and O–H groups in total. The number of hydrogen-bond acceptors (Lipinski definition) is 4. The van der Waals surface area contributed by atoms with Crippen molar-refractivity contribution in [3.05, 3.63) is 56.4 Å². The molecule has 3 aromatic rings. The second kappa shape index (κ2) is 6.24. The third-order valence-corrected chi connectivity index (χ3v) is 5.58. The Labute approximate surface area is 143 Å². The summed E-state index contributed by atoms with van der Waals surface area (Å²) < 4.78 is 5.15. The van der Waals surface area contributed by atoms with Crippen molar-refractivity contribution in [1.29, 1.82) is 0 Å². The molecule has 0 saturated carbocycles. The first-order valence-electron chi connectivity index (χ1n) is 8.11. The molecule has 0 unspecified atom stereocenters. The summed E-state index contributed by atoms with van der Waals surface area (Å²) >= 11 is 1.67. The van der Waals surface area contributed by atoms with Gasteiger partial charge in [0.1, 0.15) is 16.4 Å². The number of nitrogens with one attached hydrogen (secondary N) is 1. The van der Waals surface area contributed by atoms with Gasteiger partial charge < -0.3 is 9.72 Å². The number of aromatic amines is 1. The lowest BCUT2D eigenvalue weighted by molar-refractivity contribution is 0.415. The number of aromatic nitrogens is 2. The predicted octanol–water partition coefficient (Wildman–Crippen LogP) is 4.04. The number of ether oxygens (including phenoxy) is 1. The number of nitrogens with zero attached hydrogens (tertiary/aromatic N) is 1. The molecule has 24 heavy (non-hydrogen) atoms. The largest absolute Gasteiger partial charge is 0.497 e. The van der Waals surface area contributed by atoms with Crippen LogP contribution >= 0.6 is 11.3 Å². The Morgan fingerprint density at radius 1 is 1.17 bits per heavy atom. The Balaban J connectivity index is 1.69. The monoisotopic (exact) mass is 338 g/mol. The number of aryl methyl sites for hydroxylation is 2. The van der Waals surface area contributed by atoms with Gasteiger partial charge in [0.05, 0.1) is 12.5 Å². The maximum atomic E-state index is 12.5. The highest BCUT2D eigenvalue weighted by Crippen LogP contribution is 2.33. The van der Waals surface area contributed by atoms with Crippen molar-refractivity contribution >= 4 is 33.7 Å². The van der Waals surface area contributed by atoms with E-state index < -0.39 is 0 Å². The number of fused-ring (bicyclic) bond motifs is 3. The Morgan fingerprint density at radius 3 is 2.75 bits per heavy atom. The van der Waals surface area contributed by atoms with Crippen LogP contribution in [0.1, 0.15) is 34.7 Å². The smallest absolute Gasteiger partial charge is 0.260 e. The van der Waals surface area contributed by atoms with Crippen LogP contribution in [0.25, 0.3) is 22.4 Å². The second-order valence-electron chi connectivity index (χ2n) is 5.95. The Kier molecular flexibility index (Phi) is 3.94. The first-order valence-corrected chi connectivity index (χ1v) is 8.93. The Bertz CT molecular complexity index is 967. The molecule has 0 bridgehead atoms. The summed E-state index contributed by atoms with van der Waals surface area (Å²) in [5.74, 6) is 1.42. The number of hydrogen-bond donors (Lipinski definition) is 1. The molecule has 0 radical (unpaired) electrons. The van der Waals surface area contributed by atoms with Gasteiger partial charge in [-0.05, 0) is 55.0 Å². The van der Waals surface area contributed by atoms with Crippen LogP contribution in [-0.4, -0.2) is 17.1 Å². The van der Waals surface area contributed by atoms with E-state index in [-0.39, 0.29) is 5.56 Å². The summed E-state index contributed by atoms with van der Waals surface area (Å²) in [6.07, 6.45) is 8.24. The fourth-order valence-electron chi connectivity index (χ4n) is 3.15. The number of thiophene rings is 1. The first kappa shape index (κ1) is 15.1. The van der Waals surface area contributed by atoms with Gasteiger partial charge in [0.2, 0.25) is 0 Å². The van der Waals surface area contributed by atoms with Gasteiger partial charge >= 0.3 is 0 Å². The third-order valence-electron chi connectivity index (χ3n) is 4.39. The highest BCUT2D eigenvalue weighted by Gasteiger charge is 2.19. The van der Waals surface area contributed by atoms with Crippen molar-refractivity contribution in [1.82, 2.24) is 9.97 Å². The maximum Gasteiger partial charge on any atom is 0.260 e. The van der Waals surface area contributed by atoms with E-state index >= 15 is 0 Å². The topological polar surface area (TPSA) is 55.0 Å². The van der Waals surface area contributed by atoms with Crippen molar-refractivity contribution in [2.45, 2.75) is 25.7 Å². The molecule has 2 heterocycles. The van der Waals surface area contributed by atoms with Crippen LogP contribution in [0, 0.1) is 0 Å². The van der Waals surface area contributed by atoms with E-state index in [1.807, 2.05) is 36.4 Å². The van der Waals surface area contributed by atoms with Crippen molar-refractivity contribution in [2.75, 3.05) is 7.11 Å². The minimum atomic E-state index is -0.0196. The summed E-state index contributed by atoms with van der Waals surface area (Å²) in [4.78, 5) is 22.2. The molecule has 0 saturated heterocycles. The van der Waals surface area contributed by atoms with Crippen LogP contribution in [0.5, 0.6) is 5.75 Å². The van der Waals surface area contributed by atoms with Gasteiger partial charge in [-0.25, -0.2) is 4.98 Å². The molecule has 0 spiro atoms. The molecule has 2 aromatic heterocycles. The van der Waals surface area contributed by atoms with E-state index in [0.29, 0.717) is 5.82 Å². The Morgan fingerprint density at radius 2 is 1.96 bits per heavy atom. The second-order valence-corrected chi connectivity index (χ2v) is 7.03.